The van der Waals surface area contributed by atoms with Crippen LogP contribution in [0.5, 0.6) is 0 Å². The standard InChI is InChI=1S/C17H25N3O/c1-2-18-16-12-14(9-10-19-16)17(21)20-11-5-8-15(20)13-6-3-4-7-13/h9-10,12-13,15H,2-8,11H2,1H3,(H,18,19). The number of nitrogens with zero attached hydrogens (tertiary/aromatic N) is 2. The second kappa shape index (κ2) is 6.46. The van der Waals surface area contributed by atoms with E-state index in [2.05, 4.69) is 15.2 Å². The number of pyridine rings is 1. The molecule has 0 spiro atoms. The van der Waals surface area contributed by atoms with E-state index in [0.29, 0.717) is 6.04 Å². The van der Waals surface area contributed by atoms with Crippen LogP contribution in [0.3, 0.4) is 0 Å². The van der Waals surface area contributed by atoms with Crippen LogP contribution in [-0.2, 0) is 0 Å². The number of carbonyl (C=O) groups is 1. The first-order valence-electron chi connectivity index (χ1n) is 8.30. The molecular formula is C17H25N3O. The minimum Gasteiger partial charge on any atom is -0.370 e. The SMILES string of the molecule is CCNc1cc(C(=O)N2CCCC2C2CCCC2)ccn1. The van der Waals surface area contributed by atoms with Crippen LogP contribution in [0.2, 0.25) is 0 Å². The monoisotopic (exact) mass is 287 g/mol. The highest BCUT2D eigenvalue weighted by atomic mass is 16.2. The van der Waals surface area contributed by atoms with E-state index < -0.39 is 0 Å². The van der Waals surface area contributed by atoms with Gasteiger partial charge in [0.25, 0.3) is 5.91 Å². The van der Waals surface area contributed by atoms with Gasteiger partial charge in [-0.3, -0.25) is 4.79 Å². The Morgan fingerprint density at radius 2 is 2.14 bits per heavy atom. The molecule has 1 N–H and O–H groups in total. The molecule has 1 aliphatic carbocycles. The summed E-state index contributed by atoms with van der Waals surface area (Å²) >= 11 is 0. The fourth-order valence-electron chi connectivity index (χ4n) is 3.88. The highest BCUT2D eigenvalue weighted by Gasteiger charge is 2.36. The lowest BCUT2D eigenvalue weighted by molar-refractivity contribution is 0.0689. The van der Waals surface area contributed by atoms with Gasteiger partial charge >= 0.3 is 0 Å². The molecule has 1 atom stereocenters. The predicted octanol–water partition coefficient (Wildman–Crippen LogP) is 3.31. The van der Waals surface area contributed by atoms with Crippen molar-refractivity contribution in [3.8, 4) is 0 Å². The first kappa shape index (κ1) is 14.4. The lowest BCUT2D eigenvalue weighted by Gasteiger charge is -2.29. The summed E-state index contributed by atoms with van der Waals surface area (Å²) in [5, 5.41) is 3.18. The van der Waals surface area contributed by atoms with E-state index in [1.165, 1.54) is 32.1 Å². The summed E-state index contributed by atoms with van der Waals surface area (Å²) in [6.07, 6.45) is 9.33. The van der Waals surface area contributed by atoms with Gasteiger partial charge in [-0.1, -0.05) is 12.8 Å². The zero-order chi connectivity index (χ0) is 14.7. The molecule has 1 saturated carbocycles. The largest absolute Gasteiger partial charge is 0.370 e. The van der Waals surface area contributed by atoms with Gasteiger partial charge in [0.1, 0.15) is 5.82 Å². The summed E-state index contributed by atoms with van der Waals surface area (Å²) < 4.78 is 0. The maximum atomic E-state index is 12.8. The zero-order valence-electron chi connectivity index (χ0n) is 12.8. The molecule has 1 amide bonds. The number of carbonyl (C=O) groups excluding carboxylic acids is 1. The Balaban J connectivity index is 1.75. The summed E-state index contributed by atoms with van der Waals surface area (Å²) in [5.74, 6) is 1.71. The number of aromatic nitrogens is 1. The van der Waals surface area contributed by atoms with E-state index in [9.17, 15) is 4.79 Å². The quantitative estimate of drug-likeness (QED) is 0.924. The summed E-state index contributed by atoms with van der Waals surface area (Å²) in [5.41, 5.74) is 0.769. The van der Waals surface area contributed by atoms with Gasteiger partial charge in [-0.2, -0.15) is 0 Å². The van der Waals surface area contributed by atoms with E-state index in [4.69, 9.17) is 0 Å². The van der Waals surface area contributed by atoms with E-state index in [1.807, 2.05) is 19.1 Å². The smallest absolute Gasteiger partial charge is 0.254 e. The summed E-state index contributed by atoms with van der Waals surface area (Å²) in [6, 6.07) is 4.19. The lowest BCUT2D eigenvalue weighted by atomic mass is 9.95. The predicted molar refractivity (Wildman–Crippen MR) is 84.4 cm³/mol. The van der Waals surface area contributed by atoms with E-state index >= 15 is 0 Å². The maximum Gasteiger partial charge on any atom is 0.254 e. The summed E-state index contributed by atoms with van der Waals surface area (Å²) in [6.45, 7) is 3.77. The minimum absolute atomic E-state index is 0.186. The third-order valence-corrected chi connectivity index (χ3v) is 4.87. The molecule has 2 heterocycles. The molecule has 1 aromatic rings. The molecule has 21 heavy (non-hydrogen) atoms. The normalized spacial score (nSPS) is 22.7. The van der Waals surface area contributed by atoms with Crippen molar-refractivity contribution in [2.24, 2.45) is 5.92 Å². The first-order chi connectivity index (χ1) is 10.3. The van der Waals surface area contributed by atoms with Gasteiger partial charge in [-0.15, -0.1) is 0 Å². The van der Waals surface area contributed by atoms with Crippen molar-refractivity contribution in [3.05, 3.63) is 23.9 Å². The molecule has 2 fully saturated rings. The van der Waals surface area contributed by atoms with E-state index in [0.717, 1.165) is 36.8 Å². The third kappa shape index (κ3) is 3.04. The van der Waals surface area contributed by atoms with Crippen molar-refractivity contribution >= 4 is 11.7 Å². The number of hydrogen-bond acceptors (Lipinski definition) is 3. The Kier molecular flexibility index (Phi) is 4.42. The van der Waals surface area contributed by atoms with Crippen molar-refractivity contribution in [1.82, 2.24) is 9.88 Å². The molecule has 2 aliphatic rings. The number of anilines is 1. The Labute approximate surface area is 126 Å². The van der Waals surface area contributed by atoms with Crippen LogP contribution in [0, 0.1) is 5.92 Å². The van der Waals surface area contributed by atoms with Crippen LogP contribution < -0.4 is 5.32 Å². The van der Waals surface area contributed by atoms with Crippen molar-refractivity contribution in [2.75, 3.05) is 18.4 Å². The molecule has 0 bridgehead atoms. The van der Waals surface area contributed by atoms with Crippen molar-refractivity contribution in [2.45, 2.75) is 51.5 Å². The molecule has 1 unspecified atom stereocenters. The van der Waals surface area contributed by atoms with Crippen molar-refractivity contribution in [3.63, 3.8) is 0 Å². The second-order valence-electron chi connectivity index (χ2n) is 6.21. The van der Waals surface area contributed by atoms with Crippen LogP contribution in [0.25, 0.3) is 0 Å². The Morgan fingerprint density at radius 3 is 2.90 bits per heavy atom. The molecule has 0 radical (unpaired) electrons. The number of nitrogens with one attached hydrogen (secondary N) is 1. The first-order valence-corrected chi connectivity index (χ1v) is 8.30. The van der Waals surface area contributed by atoms with Crippen LogP contribution in [0.15, 0.2) is 18.3 Å². The average Bonchev–Trinajstić information content (AvgIpc) is 3.18. The number of rotatable bonds is 4. The van der Waals surface area contributed by atoms with Gasteiger partial charge in [0.2, 0.25) is 0 Å². The minimum atomic E-state index is 0.186. The van der Waals surface area contributed by atoms with Gasteiger partial charge in [0.05, 0.1) is 0 Å². The van der Waals surface area contributed by atoms with Gasteiger partial charge in [0.15, 0.2) is 0 Å². The highest BCUT2D eigenvalue weighted by Crippen LogP contribution is 2.36. The molecule has 1 aromatic heterocycles. The number of likely N-dealkylation sites (tertiary alicyclic amines) is 1. The molecule has 1 saturated heterocycles. The fourth-order valence-corrected chi connectivity index (χ4v) is 3.88. The number of hydrogen-bond donors (Lipinski definition) is 1. The van der Waals surface area contributed by atoms with Gasteiger partial charge in [-0.05, 0) is 50.7 Å². The molecular weight excluding hydrogens is 262 g/mol. The fraction of sp³-hybridized carbons (Fsp3) is 0.647. The molecule has 4 heteroatoms. The van der Waals surface area contributed by atoms with Gasteiger partial charge in [-0.25, -0.2) is 4.98 Å². The van der Waals surface area contributed by atoms with Crippen LogP contribution >= 0.6 is 0 Å². The molecule has 0 aromatic carbocycles. The van der Waals surface area contributed by atoms with Gasteiger partial charge < -0.3 is 10.2 Å². The van der Waals surface area contributed by atoms with E-state index in [1.54, 1.807) is 6.20 Å². The van der Waals surface area contributed by atoms with Crippen LogP contribution in [0.4, 0.5) is 5.82 Å². The van der Waals surface area contributed by atoms with Crippen molar-refractivity contribution < 1.29 is 4.79 Å². The van der Waals surface area contributed by atoms with Crippen molar-refractivity contribution in [1.29, 1.82) is 0 Å². The summed E-state index contributed by atoms with van der Waals surface area (Å²) in [4.78, 5) is 19.2. The average molecular weight is 287 g/mol. The second-order valence-corrected chi connectivity index (χ2v) is 6.21. The summed E-state index contributed by atoms with van der Waals surface area (Å²) in [7, 11) is 0. The third-order valence-electron chi connectivity index (χ3n) is 4.87. The van der Waals surface area contributed by atoms with Crippen LogP contribution in [0.1, 0.15) is 55.8 Å². The Hall–Kier alpha value is -1.58. The molecule has 1 aliphatic heterocycles. The molecule has 114 valence electrons. The Morgan fingerprint density at radius 1 is 1.33 bits per heavy atom. The lowest BCUT2D eigenvalue weighted by Crippen LogP contribution is -2.39. The topological polar surface area (TPSA) is 45.2 Å². The Bertz CT molecular complexity index is 497. The molecule has 3 rings (SSSR count). The van der Waals surface area contributed by atoms with Crippen LogP contribution in [-0.4, -0.2) is 34.9 Å². The van der Waals surface area contributed by atoms with Gasteiger partial charge in [0, 0.05) is 30.9 Å². The molecule has 4 nitrogen and oxygen atoms in total. The maximum absolute atomic E-state index is 12.8. The van der Waals surface area contributed by atoms with E-state index in [-0.39, 0.29) is 5.91 Å². The zero-order valence-corrected chi connectivity index (χ0v) is 12.8. The highest BCUT2D eigenvalue weighted by molar-refractivity contribution is 5.95. The number of amides is 1.